The van der Waals surface area contributed by atoms with Gasteiger partial charge in [0.2, 0.25) is 0 Å². The molecule has 1 atom stereocenters. The number of ether oxygens (including phenoxy) is 3. The first-order chi connectivity index (χ1) is 22.8. The van der Waals surface area contributed by atoms with Gasteiger partial charge in [0.05, 0.1) is 33.5 Å². The molecule has 4 aromatic carbocycles. The minimum atomic E-state index is -3.38. The monoisotopic (exact) mass is 717 g/mol. The van der Waals surface area contributed by atoms with Crippen molar-refractivity contribution in [1.29, 1.82) is 0 Å². The van der Waals surface area contributed by atoms with Gasteiger partial charge in [-0.15, -0.1) is 0 Å². The summed E-state index contributed by atoms with van der Waals surface area (Å²) < 4.78 is 57.2. The van der Waals surface area contributed by atoms with Gasteiger partial charge < -0.3 is 19.5 Å². The molecule has 2 heterocycles. The Morgan fingerprint density at radius 1 is 0.957 bits per heavy atom. The molecule has 47 heavy (non-hydrogen) atoms. The highest BCUT2D eigenvalue weighted by atomic mass is 79.9. The summed E-state index contributed by atoms with van der Waals surface area (Å²) in [5.74, 6) is 0.901. The van der Waals surface area contributed by atoms with Crippen molar-refractivity contribution in [3.63, 3.8) is 0 Å². The molecule has 0 fully saturated rings. The fourth-order valence-electron chi connectivity index (χ4n) is 5.49. The van der Waals surface area contributed by atoms with Crippen molar-refractivity contribution in [3.8, 4) is 5.75 Å². The lowest BCUT2D eigenvalue weighted by atomic mass is 9.86. The average Bonchev–Trinajstić information content (AvgIpc) is 3.56. The van der Waals surface area contributed by atoms with Gasteiger partial charge >= 0.3 is 0 Å². The molecule has 1 unspecified atom stereocenters. The second kappa shape index (κ2) is 14.6. The average molecular weight is 719 g/mol. The molecule has 242 valence electrons. The van der Waals surface area contributed by atoms with Crippen molar-refractivity contribution < 1.29 is 27.0 Å². The molecule has 1 N–H and O–H groups in total. The van der Waals surface area contributed by atoms with E-state index in [1.54, 1.807) is 42.7 Å². The van der Waals surface area contributed by atoms with E-state index in [9.17, 15) is 12.8 Å². The third kappa shape index (κ3) is 7.98. The molecule has 0 amide bonds. The Kier molecular flexibility index (Phi) is 10.1. The van der Waals surface area contributed by atoms with Crippen LogP contribution in [0.4, 0.5) is 15.9 Å². The summed E-state index contributed by atoms with van der Waals surface area (Å²) in [6, 6.07) is 26.4. The normalized spacial score (nSPS) is 15.9. The molecule has 6 rings (SSSR count). The van der Waals surface area contributed by atoms with Crippen LogP contribution in [0, 0.1) is 5.82 Å². The van der Waals surface area contributed by atoms with Crippen LogP contribution in [0.15, 0.2) is 119 Å². The summed E-state index contributed by atoms with van der Waals surface area (Å²) in [4.78, 5) is 9.31. The molecule has 0 aliphatic carbocycles. The van der Waals surface area contributed by atoms with Crippen LogP contribution in [-0.2, 0) is 31.5 Å². The highest BCUT2D eigenvalue weighted by molar-refractivity contribution is 9.10. The summed E-state index contributed by atoms with van der Waals surface area (Å²) in [6.45, 7) is 0.779. The first kappa shape index (κ1) is 32.6. The van der Waals surface area contributed by atoms with E-state index in [2.05, 4.69) is 37.3 Å². The van der Waals surface area contributed by atoms with Gasteiger partial charge in [0.1, 0.15) is 35.9 Å². The Bertz CT molecular complexity index is 1980. The van der Waals surface area contributed by atoms with Gasteiger partial charge in [-0.25, -0.2) is 22.8 Å². The largest absolute Gasteiger partial charge is 0.490 e. The Morgan fingerprint density at radius 3 is 2.62 bits per heavy atom. The Hall–Kier alpha value is -4.32. The highest BCUT2D eigenvalue weighted by Crippen LogP contribution is 2.41. The molecule has 1 aliphatic heterocycles. The third-order valence-corrected chi connectivity index (χ3v) is 10.3. The Labute approximate surface area is 281 Å². The second-order valence-corrected chi connectivity index (χ2v) is 14.1. The summed E-state index contributed by atoms with van der Waals surface area (Å²) in [6.07, 6.45) is 7.32. The van der Waals surface area contributed by atoms with E-state index in [1.165, 1.54) is 18.5 Å². The molecule has 0 radical (unpaired) electrons. The van der Waals surface area contributed by atoms with Gasteiger partial charge in [-0.05, 0) is 101 Å². The van der Waals surface area contributed by atoms with Crippen LogP contribution in [0.3, 0.4) is 0 Å². The predicted molar refractivity (Wildman–Crippen MR) is 183 cm³/mol. The number of sulfone groups is 1. The zero-order chi connectivity index (χ0) is 32.7. The molecule has 11 heteroatoms. The smallest absolute Gasteiger partial charge is 0.180 e. The molecule has 1 aliphatic rings. The number of benzene rings is 4. The molecule has 0 spiro atoms. The van der Waals surface area contributed by atoms with Gasteiger partial charge in [-0.3, -0.25) is 0 Å². The van der Waals surface area contributed by atoms with Crippen molar-refractivity contribution in [2.24, 2.45) is 0 Å². The number of nitrogens with zero attached hydrogens (tertiary/aromatic N) is 2. The topological polar surface area (TPSA) is 99.6 Å². The van der Waals surface area contributed by atoms with E-state index in [1.807, 2.05) is 42.5 Å². The van der Waals surface area contributed by atoms with Crippen molar-refractivity contribution in [2.75, 3.05) is 24.3 Å². The summed E-state index contributed by atoms with van der Waals surface area (Å²) in [5, 5.41) is 4.24. The number of nitrogens with one attached hydrogen (secondary N) is 1. The maximum absolute atomic E-state index is 13.5. The number of aromatic nitrogens is 2. The summed E-state index contributed by atoms with van der Waals surface area (Å²) in [7, 11) is -3.38. The number of fused-ring (bicyclic) bond motifs is 1. The standard InChI is InChI=1S/C36H33BrFN3O5S/c37-32-23-29(12-14-34(32)45-24-26-7-4-8-28(38)21-26)41-35-31-22-27(11-13-33(31)39-25-40-35)36(16-6-18-46-36)15-5-17-44-19-20-47(42,43)30-9-2-1-3-10-30/h1-4,6-14,18,21-23,25H,5,15-17,19-20,24H2,(H,39,40,41). The molecular formula is C36H33BrFN3O5S. The van der Waals surface area contributed by atoms with E-state index in [0.29, 0.717) is 42.3 Å². The number of anilines is 2. The molecule has 5 aromatic rings. The van der Waals surface area contributed by atoms with E-state index in [4.69, 9.17) is 14.2 Å². The maximum atomic E-state index is 13.5. The lowest BCUT2D eigenvalue weighted by molar-refractivity contribution is 0.0210. The van der Waals surface area contributed by atoms with Gasteiger partial charge in [0.25, 0.3) is 0 Å². The molecule has 1 aromatic heterocycles. The zero-order valence-corrected chi connectivity index (χ0v) is 27.8. The number of halogens is 2. The SMILES string of the molecule is O=S(=O)(CCOCCCC1(c2ccc3ncnc(Nc4ccc(OCc5cccc(F)c5)c(Br)c4)c3c2)CC=CO1)c1ccccc1. The lowest BCUT2D eigenvalue weighted by Crippen LogP contribution is -2.25. The lowest BCUT2D eigenvalue weighted by Gasteiger charge is -2.30. The van der Waals surface area contributed by atoms with Crippen LogP contribution < -0.4 is 10.1 Å². The van der Waals surface area contributed by atoms with Crippen molar-refractivity contribution >= 4 is 48.2 Å². The van der Waals surface area contributed by atoms with Gasteiger partial charge in [-0.2, -0.15) is 0 Å². The second-order valence-electron chi connectivity index (χ2n) is 11.2. The molecular weight excluding hydrogens is 685 g/mol. The predicted octanol–water partition coefficient (Wildman–Crippen LogP) is 8.25. The zero-order valence-electron chi connectivity index (χ0n) is 25.4. The quantitative estimate of drug-likeness (QED) is 0.115. The molecule has 0 bridgehead atoms. The molecule has 0 saturated carbocycles. The van der Waals surface area contributed by atoms with E-state index in [0.717, 1.165) is 32.2 Å². The first-order valence-electron chi connectivity index (χ1n) is 15.2. The van der Waals surface area contributed by atoms with Crippen LogP contribution >= 0.6 is 15.9 Å². The number of rotatable bonds is 14. The highest BCUT2D eigenvalue weighted by Gasteiger charge is 2.35. The van der Waals surface area contributed by atoms with Crippen LogP contribution in [0.5, 0.6) is 5.75 Å². The van der Waals surface area contributed by atoms with Gasteiger partial charge in [-0.1, -0.05) is 36.4 Å². The summed E-state index contributed by atoms with van der Waals surface area (Å²) in [5.41, 5.74) is 2.72. The van der Waals surface area contributed by atoms with Crippen molar-refractivity contribution in [1.82, 2.24) is 9.97 Å². The Balaban J connectivity index is 1.10. The number of hydrogen-bond donors (Lipinski definition) is 1. The van der Waals surface area contributed by atoms with Crippen LogP contribution in [0.2, 0.25) is 0 Å². The third-order valence-electron chi connectivity index (χ3n) is 7.94. The maximum Gasteiger partial charge on any atom is 0.180 e. The van der Waals surface area contributed by atoms with Crippen molar-refractivity contribution in [2.45, 2.75) is 36.4 Å². The fourth-order valence-corrected chi connectivity index (χ4v) is 7.13. The van der Waals surface area contributed by atoms with E-state index < -0.39 is 15.4 Å². The minimum Gasteiger partial charge on any atom is -0.490 e. The first-order valence-corrected chi connectivity index (χ1v) is 17.6. The van der Waals surface area contributed by atoms with E-state index >= 15 is 0 Å². The van der Waals surface area contributed by atoms with E-state index in [-0.39, 0.29) is 24.8 Å². The summed E-state index contributed by atoms with van der Waals surface area (Å²) >= 11 is 3.59. The van der Waals surface area contributed by atoms with Crippen LogP contribution in [-0.4, -0.2) is 37.4 Å². The van der Waals surface area contributed by atoms with Crippen molar-refractivity contribution in [3.05, 3.63) is 131 Å². The molecule has 8 nitrogen and oxygen atoms in total. The minimum absolute atomic E-state index is 0.0676. The van der Waals surface area contributed by atoms with Gasteiger partial charge in [0.15, 0.2) is 9.84 Å². The number of hydrogen-bond acceptors (Lipinski definition) is 8. The molecule has 0 saturated heterocycles. The Morgan fingerprint density at radius 2 is 1.83 bits per heavy atom. The van der Waals surface area contributed by atoms with Crippen LogP contribution in [0.25, 0.3) is 10.9 Å². The van der Waals surface area contributed by atoms with Gasteiger partial charge in [0, 0.05) is 24.1 Å². The fraction of sp³-hybridized carbons (Fsp3) is 0.222. The van der Waals surface area contributed by atoms with Crippen LogP contribution in [0.1, 0.15) is 30.4 Å².